The first-order valence-corrected chi connectivity index (χ1v) is 6.48. The number of carboxylic acids is 1. The van der Waals surface area contributed by atoms with Crippen LogP contribution in [0.5, 0.6) is 5.75 Å². The number of hydrogen-bond donors (Lipinski definition) is 1. The Kier molecular flexibility index (Phi) is 5.01. The van der Waals surface area contributed by atoms with Gasteiger partial charge in [0.05, 0.1) is 12.1 Å². The van der Waals surface area contributed by atoms with Crippen LogP contribution in [0.1, 0.15) is 32.8 Å². The quantitative estimate of drug-likeness (QED) is 0.829. The number of ether oxygens (including phenoxy) is 1. The summed E-state index contributed by atoms with van der Waals surface area (Å²) in [4.78, 5) is 11.1. The fraction of sp³-hybridized carbons (Fsp3) is 0.400. The van der Waals surface area contributed by atoms with Crippen LogP contribution in [0.25, 0.3) is 0 Å². The standard InChI is InChI=1S/C15H19ClO3/c1-5-10(14(17)18)9-15(2,3)11-6-7-12(16)13(8-11)19-4/h6-9H,5H2,1-4H3,(H,17,18)/b10-9+. The van der Waals surface area contributed by atoms with Crippen molar-refractivity contribution in [3.63, 3.8) is 0 Å². The molecule has 0 aromatic heterocycles. The number of aliphatic carboxylic acids is 1. The van der Waals surface area contributed by atoms with Gasteiger partial charge in [-0.05, 0) is 24.1 Å². The van der Waals surface area contributed by atoms with Gasteiger partial charge in [0, 0.05) is 11.0 Å². The van der Waals surface area contributed by atoms with Gasteiger partial charge in [-0.2, -0.15) is 0 Å². The van der Waals surface area contributed by atoms with E-state index in [1.807, 2.05) is 32.9 Å². The Morgan fingerprint density at radius 3 is 2.58 bits per heavy atom. The second kappa shape index (κ2) is 6.11. The molecule has 0 aliphatic carbocycles. The summed E-state index contributed by atoms with van der Waals surface area (Å²) in [6.07, 6.45) is 2.27. The Balaban J connectivity index is 3.23. The maximum Gasteiger partial charge on any atom is 0.331 e. The van der Waals surface area contributed by atoms with Crippen LogP contribution >= 0.6 is 11.6 Å². The molecule has 0 radical (unpaired) electrons. The molecule has 0 aliphatic rings. The third-order valence-electron chi connectivity index (χ3n) is 3.09. The van der Waals surface area contributed by atoms with E-state index < -0.39 is 11.4 Å². The summed E-state index contributed by atoms with van der Waals surface area (Å²) in [7, 11) is 1.56. The van der Waals surface area contributed by atoms with E-state index in [4.69, 9.17) is 21.4 Å². The Bertz CT molecular complexity index is 504. The van der Waals surface area contributed by atoms with Crippen molar-refractivity contribution >= 4 is 17.6 Å². The first-order chi connectivity index (χ1) is 8.81. The van der Waals surface area contributed by atoms with Gasteiger partial charge in [0.25, 0.3) is 0 Å². The highest BCUT2D eigenvalue weighted by atomic mass is 35.5. The smallest absolute Gasteiger partial charge is 0.331 e. The van der Waals surface area contributed by atoms with Gasteiger partial charge in [0.2, 0.25) is 0 Å². The molecule has 0 fully saturated rings. The average Bonchev–Trinajstić information content (AvgIpc) is 2.36. The molecule has 0 aliphatic heterocycles. The number of methoxy groups -OCH3 is 1. The third kappa shape index (κ3) is 3.74. The molecule has 0 heterocycles. The summed E-state index contributed by atoms with van der Waals surface area (Å²) in [5.41, 5.74) is 0.960. The summed E-state index contributed by atoms with van der Waals surface area (Å²) < 4.78 is 5.19. The Hall–Kier alpha value is -1.48. The zero-order valence-corrected chi connectivity index (χ0v) is 12.4. The minimum atomic E-state index is -0.878. The topological polar surface area (TPSA) is 46.5 Å². The Morgan fingerprint density at radius 1 is 1.47 bits per heavy atom. The van der Waals surface area contributed by atoms with Crippen molar-refractivity contribution < 1.29 is 14.6 Å². The molecule has 1 aromatic carbocycles. The zero-order chi connectivity index (χ0) is 14.6. The first-order valence-electron chi connectivity index (χ1n) is 6.11. The molecule has 19 heavy (non-hydrogen) atoms. The lowest BCUT2D eigenvalue weighted by Gasteiger charge is -2.23. The molecule has 0 bridgehead atoms. The molecule has 1 N–H and O–H groups in total. The van der Waals surface area contributed by atoms with Crippen LogP contribution in [0.2, 0.25) is 5.02 Å². The van der Waals surface area contributed by atoms with E-state index in [1.54, 1.807) is 19.3 Å². The highest BCUT2D eigenvalue weighted by Gasteiger charge is 2.21. The van der Waals surface area contributed by atoms with Crippen LogP contribution in [-0.2, 0) is 10.2 Å². The van der Waals surface area contributed by atoms with Crippen molar-refractivity contribution in [3.05, 3.63) is 40.4 Å². The second-order valence-electron chi connectivity index (χ2n) is 4.90. The number of halogens is 1. The van der Waals surface area contributed by atoms with E-state index in [0.717, 1.165) is 5.56 Å². The lowest BCUT2D eigenvalue weighted by Crippen LogP contribution is -2.16. The van der Waals surface area contributed by atoms with Crippen molar-refractivity contribution in [1.29, 1.82) is 0 Å². The Morgan fingerprint density at radius 2 is 2.11 bits per heavy atom. The number of carboxylic acid groups (broad SMARTS) is 1. The number of benzene rings is 1. The molecule has 0 amide bonds. The zero-order valence-electron chi connectivity index (χ0n) is 11.7. The van der Waals surface area contributed by atoms with Gasteiger partial charge in [-0.25, -0.2) is 4.79 Å². The normalized spacial score (nSPS) is 12.4. The molecule has 104 valence electrons. The lowest BCUT2D eigenvalue weighted by atomic mass is 9.82. The minimum Gasteiger partial charge on any atom is -0.495 e. The molecular weight excluding hydrogens is 264 g/mol. The fourth-order valence-electron chi connectivity index (χ4n) is 1.89. The van der Waals surface area contributed by atoms with Crippen molar-refractivity contribution in [2.45, 2.75) is 32.6 Å². The van der Waals surface area contributed by atoms with Crippen LogP contribution in [0.4, 0.5) is 0 Å². The molecule has 1 rings (SSSR count). The minimum absolute atomic E-state index is 0.401. The van der Waals surface area contributed by atoms with E-state index in [2.05, 4.69) is 0 Å². The molecule has 1 aromatic rings. The Labute approximate surface area is 118 Å². The summed E-state index contributed by atoms with van der Waals surface area (Å²) in [6.45, 7) is 5.76. The number of carbonyl (C=O) groups is 1. The maximum atomic E-state index is 11.1. The molecule has 0 unspecified atom stereocenters. The first kappa shape index (κ1) is 15.6. The SMILES string of the molecule is CC/C(=C\C(C)(C)c1ccc(Cl)c(OC)c1)C(=O)O. The highest BCUT2D eigenvalue weighted by Crippen LogP contribution is 2.33. The van der Waals surface area contributed by atoms with Gasteiger partial charge in [-0.1, -0.05) is 44.5 Å². The van der Waals surface area contributed by atoms with Gasteiger partial charge in [-0.3, -0.25) is 0 Å². The average molecular weight is 283 g/mol. The number of hydrogen-bond acceptors (Lipinski definition) is 2. The van der Waals surface area contributed by atoms with Gasteiger partial charge in [0.15, 0.2) is 0 Å². The molecule has 0 atom stereocenters. The second-order valence-corrected chi connectivity index (χ2v) is 5.31. The highest BCUT2D eigenvalue weighted by molar-refractivity contribution is 6.32. The summed E-state index contributed by atoms with van der Waals surface area (Å²) in [5.74, 6) is -0.287. The van der Waals surface area contributed by atoms with Crippen LogP contribution in [-0.4, -0.2) is 18.2 Å². The lowest BCUT2D eigenvalue weighted by molar-refractivity contribution is -0.132. The maximum absolute atomic E-state index is 11.1. The molecule has 3 nitrogen and oxygen atoms in total. The van der Waals surface area contributed by atoms with Crippen molar-refractivity contribution in [2.24, 2.45) is 0 Å². The molecule has 0 spiro atoms. The van der Waals surface area contributed by atoms with Crippen molar-refractivity contribution in [3.8, 4) is 5.75 Å². The molecular formula is C15H19ClO3. The van der Waals surface area contributed by atoms with Crippen LogP contribution in [0, 0.1) is 0 Å². The van der Waals surface area contributed by atoms with Crippen molar-refractivity contribution in [2.75, 3.05) is 7.11 Å². The van der Waals surface area contributed by atoms with E-state index in [-0.39, 0.29) is 0 Å². The summed E-state index contributed by atoms with van der Waals surface area (Å²) in [5, 5.41) is 9.66. The summed E-state index contributed by atoms with van der Waals surface area (Å²) >= 11 is 6.00. The van der Waals surface area contributed by atoms with Crippen LogP contribution in [0.3, 0.4) is 0 Å². The van der Waals surface area contributed by atoms with Crippen LogP contribution in [0.15, 0.2) is 29.8 Å². The van der Waals surface area contributed by atoms with Gasteiger partial charge in [-0.15, -0.1) is 0 Å². The largest absolute Gasteiger partial charge is 0.495 e. The van der Waals surface area contributed by atoms with E-state index in [9.17, 15) is 4.79 Å². The predicted molar refractivity (Wildman–Crippen MR) is 77.0 cm³/mol. The fourth-order valence-corrected chi connectivity index (χ4v) is 2.09. The number of allylic oxidation sites excluding steroid dienone is 1. The number of rotatable bonds is 5. The van der Waals surface area contributed by atoms with E-state index >= 15 is 0 Å². The molecule has 0 saturated heterocycles. The molecule has 0 saturated carbocycles. The molecule has 4 heteroatoms. The van der Waals surface area contributed by atoms with E-state index in [0.29, 0.717) is 22.8 Å². The van der Waals surface area contributed by atoms with Crippen molar-refractivity contribution in [1.82, 2.24) is 0 Å². The van der Waals surface area contributed by atoms with E-state index in [1.165, 1.54) is 0 Å². The van der Waals surface area contributed by atoms with Crippen LogP contribution < -0.4 is 4.74 Å². The predicted octanol–water partition coefficient (Wildman–Crippen LogP) is 4.05. The third-order valence-corrected chi connectivity index (χ3v) is 3.40. The van der Waals surface area contributed by atoms with Gasteiger partial charge < -0.3 is 9.84 Å². The monoisotopic (exact) mass is 282 g/mol. The van der Waals surface area contributed by atoms with Gasteiger partial charge >= 0.3 is 5.97 Å². The van der Waals surface area contributed by atoms with Gasteiger partial charge in [0.1, 0.15) is 5.75 Å². The summed E-state index contributed by atoms with van der Waals surface area (Å²) in [6, 6.07) is 5.49.